The molecule has 0 saturated carbocycles. The van der Waals surface area contributed by atoms with Gasteiger partial charge in [0, 0.05) is 23.6 Å². The number of nitrogens with zero attached hydrogens (tertiary/aromatic N) is 3. The highest BCUT2D eigenvalue weighted by Crippen LogP contribution is 2.15. The standard InChI is InChI=1S/C16H12N4O/c21-16(19-13-6-2-1-3-7-13)15-11-18-10-14(20-15)12-5-4-8-17-9-12/h1-11H,(H,19,21). The summed E-state index contributed by atoms with van der Waals surface area (Å²) in [6.45, 7) is 0. The van der Waals surface area contributed by atoms with Crippen molar-refractivity contribution in [2.75, 3.05) is 5.32 Å². The minimum atomic E-state index is -0.292. The second-order valence-electron chi connectivity index (χ2n) is 4.35. The van der Waals surface area contributed by atoms with Gasteiger partial charge in [-0.05, 0) is 24.3 Å². The molecule has 2 aromatic heterocycles. The van der Waals surface area contributed by atoms with Crippen molar-refractivity contribution < 1.29 is 4.79 Å². The number of aromatic nitrogens is 3. The Hall–Kier alpha value is -3.08. The first kappa shape index (κ1) is 12.9. The normalized spacial score (nSPS) is 10.1. The van der Waals surface area contributed by atoms with Gasteiger partial charge in [0.25, 0.3) is 5.91 Å². The summed E-state index contributed by atoms with van der Waals surface area (Å²) < 4.78 is 0. The molecule has 0 atom stereocenters. The van der Waals surface area contributed by atoms with Crippen LogP contribution < -0.4 is 5.32 Å². The Morgan fingerprint density at radius 2 is 1.76 bits per heavy atom. The van der Waals surface area contributed by atoms with E-state index in [0.717, 1.165) is 11.3 Å². The quantitative estimate of drug-likeness (QED) is 0.798. The van der Waals surface area contributed by atoms with Crippen LogP contribution >= 0.6 is 0 Å². The lowest BCUT2D eigenvalue weighted by Crippen LogP contribution is -2.14. The summed E-state index contributed by atoms with van der Waals surface area (Å²) in [5.41, 5.74) is 2.42. The topological polar surface area (TPSA) is 67.8 Å². The highest BCUT2D eigenvalue weighted by Gasteiger charge is 2.10. The van der Waals surface area contributed by atoms with Crippen LogP contribution in [-0.2, 0) is 0 Å². The second kappa shape index (κ2) is 5.92. The average molecular weight is 276 g/mol. The van der Waals surface area contributed by atoms with Crippen LogP contribution in [0.1, 0.15) is 10.5 Å². The summed E-state index contributed by atoms with van der Waals surface area (Å²) in [6, 6.07) is 12.9. The predicted molar refractivity (Wildman–Crippen MR) is 79.7 cm³/mol. The van der Waals surface area contributed by atoms with E-state index in [2.05, 4.69) is 20.3 Å². The summed E-state index contributed by atoms with van der Waals surface area (Å²) in [7, 11) is 0. The Bertz CT molecular complexity index is 744. The Labute approximate surface area is 121 Å². The zero-order chi connectivity index (χ0) is 14.5. The molecular formula is C16H12N4O. The average Bonchev–Trinajstić information content (AvgIpc) is 2.57. The summed E-state index contributed by atoms with van der Waals surface area (Å²) >= 11 is 0. The van der Waals surface area contributed by atoms with Crippen molar-refractivity contribution in [3.8, 4) is 11.3 Å². The number of anilines is 1. The van der Waals surface area contributed by atoms with Gasteiger partial charge in [0.05, 0.1) is 18.1 Å². The largest absolute Gasteiger partial charge is 0.321 e. The lowest BCUT2D eigenvalue weighted by atomic mass is 10.2. The van der Waals surface area contributed by atoms with Gasteiger partial charge < -0.3 is 5.32 Å². The lowest BCUT2D eigenvalue weighted by Gasteiger charge is -2.05. The monoisotopic (exact) mass is 276 g/mol. The summed E-state index contributed by atoms with van der Waals surface area (Å²) in [5.74, 6) is -0.292. The van der Waals surface area contributed by atoms with Gasteiger partial charge in [-0.1, -0.05) is 18.2 Å². The first-order valence-corrected chi connectivity index (χ1v) is 6.42. The summed E-state index contributed by atoms with van der Waals surface area (Å²) in [6.07, 6.45) is 6.42. The van der Waals surface area contributed by atoms with Crippen molar-refractivity contribution in [1.29, 1.82) is 0 Å². The molecule has 0 bridgehead atoms. The van der Waals surface area contributed by atoms with Crippen LogP contribution in [-0.4, -0.2) is 20.9 Å². The Balaban J connectivity index is 1.85. The molecule has 1 aromatic carbocycles. The molecule has 21 heavy (non-hydrogen) atoms. The molecule has 1 N–H and O–H groups in total. The molecule has 0 radical (unpaired) electrons. The fourth-order valence-electron chi connectivity index (χ4n) is 1.85. The molecule has 5 nitrogen and oxygen atoms in total. The molecule has 2 heterocycles. The van der Waals surface area contributed by atoms with Crippen LogP contribution in [0.25, 0.3) is 11.3 Å². The van der Waals surface area contributed by atoms with E-state index in [0.29, 0.717) is 5.69 Å². The van der Waals surface area contributed by atoms with Gasteiger partial charge in [-0.15, -0.1) is 0 Å². The van der Waals surface area contributed by atoms with Crippen LogP contribution in [0.5, 0.6) is 0 Å². The molecule has 0 spiro atoms. The van der Waals surface area contributed by atoms with Crippen molar-refractivity contribution in [3.05, 3.63) is 72.9 Å². The highest BCUT2D eigenvalue weighted by atomic mass is 16.1. The van der Waals surface area contributed by atoms with Crippen LogP contribution in [0.4, 0.5) is 5.69 Å². The lowest BCUT2D eigenvalue weighted by molar-refractivity contribution is 0.102. The minimum Gasteiger partial charge on any atom is -0.321 e. The third-order valence-corrected chi connectivity index (χ3v) is 2.86. The zero-order valence-electron chi connectivity index (χ0n) is 11.1. The minimum absolute atomic E-state index is 0.264. The Morgan fingerprint density at radius 3 is 2.52 bits per heavy atom. The summed E-state index contributed by atoms with van der Waals surface area (Å²) in [4.78, 5) is 24.6. The molecule has 1 amide bonds. The number of hydrogen-bond donors (Lipinski definition) is 1. The molecule has 0 aliphatic rings. The van der Waals surface area contributed by atoms with E-state index in [-0.39, 0.29) is 11.6 Å². The van der Waals surface area contributed by atoms with E-state index in [1.165, 1.54) is 6.20 Å². The van der Waals surface area contributed by atoms with Gasteiger partial charge in [-0.25, -0.2) is 4.98 Å². The van der Waals surface area contributed by atoms with E-state index >= 15 is 0 Å². The third-order valence-electron chi connectivity index (χ3n) is 2.86. The number of pyridine rings is 1. The van der Waals surface area contributed by atoms with Gasteiger partial charge in [-0.3, -0.25) is 14.8 Å². The maximum Gasteiger partial charge on any atom is 0.275 e. The number of carbonyl (C=O) groups is 1. The van der Waals surface area contributed by atoms with Crippen LogP contribution in [0, 0.1) is 0 Å². The summed E-state index contributed by atoms with van der Waals surface area (Å²) in [5, 5.41) is 2.78. The third kappa shape index (κ3) is 3.09. The molecule has 5 heteroatoms. The van der Waals surface area contributed by atoms with Crippen LogP contribution in [0.3, 0.4) is 0 Å². The first-order valence-electron chi connectivity index (χ1n) is 6.42. The van der Waals surface area contributed by atoms with Crippen molar-refractivity contribution in [3.63, 3.8) is 0 Å². The van der Waals surface area contributed by atoms with E-state index in [1.807, 2.05) is 42.5 Å². The molecule has 0 aliphatic carbocycles. The van der Waals surface area contributed by atoms with Crippen molar-refractivity contribution in [2.45, 2.75) is 0 Å². The SMILES string of the molecule is O=C(Nc1ccccc1)c1cncc(-c2cccnc2)n1. The smallest absolute Gasteiger partial charge is 0.275 e. The molecular weight excluding hydrogens is 264 g/mol. The molecule has 0 unspecified atom stereocenters. The number of amides is 1. The number of hydrogen-bond acceptors (Lipinski definition) is 4. The van der Waals surface area contributed by atoms with Gasteiger partial charge in [0.2, 0.25) is 0 Å². The fourth-order valence-corrected chi connectivity index (χ4v) is 1.85. The fraction of sp³-hybridized carbons (Fsp3) is 0. The van der Waals surface area contributed by atoms with E-state index in [1.54, 1.807) is 18.6 Å². The second-order valence-corrected chi connectivity index (χ2v) is 4.35. The van der Waals surface area contributed by atoms with Crippen molar-refractivity contribution in [2.24, 2.45) is 0 Å². The maximum atomic E-state index is 12.2. The van der Waals surface area contributed by atoms with Gasteiger partial charge >= 0.3 is 0 Å². The van der Waals surface area contributed by atoms with Gasteiger partial charge in [0.1, 0.15) is 5.69 Å². The molecule has 0 aliphatic heterocycles. The first-order chi connectivity index (χ1) is 10.3. The number of nitrogens with one attached hydrogen (secondary N) is 1. The molecule has 0 fully saturated rings. The maximum absolute atomic E-state index is 12.2. The predicted octanol–water partition coefficient (Wildman–Crippen LogP) is 2.79. The Morgan fingerprint density at radius 1 is 0.905 bits per heavy atom. The molecule has 3 rings (SSSR count). The van der Waals surface area contributed by atoms with E-state index < -0.39 is 0 Å². The highest BCUT2D eigenvalue weighted by molar-refractivity contribution is 6.02. The molecule has 0 saturated heterocycles. The van der Waals surface area contributed by atoms with Crippen LogP contribution in [0.2, 0.25) is 0 Å². The van der Waals surface area contributed by atoms with E-state index in [4.69, 9.17) is 0 Å². The zero-order valence-corrected chi connectivity index (χ0v) is 11.1. The van der Waals surface area contributed by atoms with Crippen LogP contribution in [0.15, 0.2) is 67.3 Å². The Kier molecular flexibility index (Phi) is 3.64. The van der Waals surface area contributed by atoms with Gasteiger partial charge in [-0.2, -0.15) is 0 Å². The van der Waals surface area contributed by atoms with E-state index in [9.17, 15) is 4.79 Å². The van der Waals surface area contributed by atoms with Crippen molar-refractivity contribution in [1.82, 2.24) is 15.0 Å². The van der Waals surface area contributed by atoms with Crippen molar-refractivity contribution >= 4 is 11.6 Å². The number of para-hydroxylation sites is 1. The number of benzene rings is 1. The molecule has 3 aromatic rings. The number of carbonyl (C=O) groups excluding carboxylic acids is 1. The number of rotatable bonds is 3. The molecule has 102 valence electrons. The van der Waals surface area contributed by atoms with Gasteiger partial charge in [0.15, 0.2) is 0 Å².